The van der Waals surface area contributed by atoms with Crippen LogP contribution in [-0.2, 0) is 0 Å². The quantitative estimate of drug-likeness (QED) is 0.805. The maximum absolute atomic E-state index is 10.2. The van der Waals surface area contributed by atoms with E-state index in [-0.39, 0.29) is 6.10 Å². The van der Waals surface area contributed by atoms with E-state index in [9.17, 15) is 5.11 Å². The maximum Gasteiger partial charge on any atom is 0.0833 e. The Bertz CT molecular complexity index is 291. The SMILES string of the molecule is CC1CCC(C(O)c2cccnc2)CC1. The molecule has 1 aliphatic rings. The molecule has 1 saturated carbocycles. The summed E-state index contributed by atoms with van der Waals surface area (Å²) in [5.41, 5.74) is 0.969. The Morgan fingerprint density at radius 2 is 2.07 bits per heavy atom. The van der Waals surface area contributed by atoms with Crippen molar-refractivity contribution in [3.05, 3.63) is 30.1 Å². The van der Waals surface area contributed by atoms with Crippen LogP contribution in [0.2, 0.25) is 0 Å². The van der Waals surface area contributed by atoms with Gasteiger partial charge in [0.2, 0.25) is 0 Å². The molecule has 0 bridgehead atoms. The molecule has 2 nitrogen and oxygen atoms in total. The minimum Gasteiger partial charge on any atom is -0.388 e. The van der Waals surface area contributed by atoms with Crippen molar-refractivity contribution in [2.75, 3.05) is 0 Å². The van der Waals surface area contributed by atoms with Crippen molar-refractivity contribution in [2.24, 2.45) is 11.8 Å². The fourth-order valence-corrected chi connectivity index (χ4v) is 2.42. The highest BCUT2D eigenvalue weighted by Crippen LogP contribution is 2.36. The van der Waals surface area contributed by atoms with E-state index in [0.717, 1.165) is 24.3 Å². The second kappa shape index (κ2) is 4.75. The molecule has 1 N–H and O–H groups in total. The summed E-state index contributed by atoms with van der Waals surface area (Å²) in [6.07, 6.45) is 8.02. The van der Waals surface area contributed by atoms with Gasteiger partial charge in [0.05, 0.1) is 6.10 Å². The summed E-state index contributed by atoms with van der Waals surface area (Å²) >= 11 is 0. The number of aliphatic hydroxyl groups is 1. The van der Waals surface area contributed by atoms with Crippen LogP contribution in [0.4, 0.5) is 0 Å². The molecule has 0 aliphatic heterocycles. The lowest BCUT2D eigenvalue weighted by Crippen LogP contribution is -2.19. The summed E-state index contributed by atoms with van der Waals surface area (Å²) in [5, 5.41) is 10.2. The van der Waals surface area contributed by atoms with Gasteiger partial charge in [-0.25, -0.2) is 0 Å². The highest BCUT2D eigenvalue weighted by atomic mass is 16.3. The van der Waals surface area contributed by atoms with Crippen molar-refractivity contribution in [1.29, 1.82) is 0 Å². The lowest BCUT2D eigenvalue weighted by atomic mass is 9.79. The molecule has 0 saturated heterocycles. The minimum absolute atomic E-state index is 0.314. The highest BCUT2D eigenvalue weighted by Gasteiger charge is 2.25. The van der Waals surface area contributed by atoms with Gasteiger partial charge in [-0.05, 0) is 36.3 Å². The van der Waals surface area contributed by atoms with Crippen LogP contribution < -0.4 is 0 Å². The molecule has 1 unspecified atom stereocenters. The molecule has 1 aromatic rings. The predicted molar refractivity (Wildman–Crippen MR) is 60.3 cm³/mol. The zero-order valence-corrected chi connectivity index (χ0v) is 9.26. The first-order valence-electron chi connectivity index (χ1n) is 5.85. The molecular weight excluding hydrogens is 186 g/mol. The third-order valence-electron chi connectivity index (χ3n) is 3.53. The third-order valence-corrected chi connectivity index (χ3v) is 3.53. The fraction of sp³-hybridized carbons (Fsp3) is 0.615. The van der Waals surface area contributed by atoms with Gasteiger partial charge in [-0.3, -0.25) is 4.98 Å². The van der Waals surface area contributed by atoms with Gasteiger partial charge < -0.3 is 5.11 Å². The monoisotopic (exact) mass is 205 g/mol. The summed E-state index contributed by atoms with van der Waals surface area (Å²) in [7, 11) is 0. The molecule has 1 aliphatic carbocycles. The second-order valence-corrected chi connectivity index (χ2v) is 4.75. The average Bonchev–Trinajstić information content (AvgIpc) is 2.30. The zero-order chi connectivity index (χ0) is 10.7. The molecule has 0 amide bonds. The summed E-state index contributed by atoms with van der Waals surface area (Å²) in [4.78, 5) is 4.06. The van der Waals surface area contributed by atoms with E-state index in [1.165, 1.54) is 12.8 Å². The zero-order valence-electron chi connectivity index (χ0n) is 9.26. The molecule has 1 heterocycles. The number of rotatable bonds is 2. The smallest absolute Gasteiger partial charge is 0.0833 e. The van der Waals surface area contributed by atoms with Crippen molar-refractivity contribution in [3.63, 3.8) is 0 Å². The van der Waals surface area contributed by atoms with Crippen molar-refractivity contribution < 1.29 is 5.11 Å². The van der Waals surface area contributed by atoms with Gasteiger partial charge in [0.25, 0.3) is 0 Å². The van der Waals surface area contributed by atoms with E-state index in [1.54, 1.807) is 12.4 Å². The molecule has 15 heavy (non-hydrogen) atoms. The lowest BCUT2D eigenvalue weighted by Gasteiger charge is -2.29. The molecule has 1 atom stereocenters. The normalized spacial score (nSPS) is 28.7. The first-order valence-corrected chi connectivity index (χ1v) is 5.85. The predicted octanol–water partition coefficient (Wildman–Crippen LogP) is 2.94. The van der Waals surface area contributed by atoms with E-state index in [0.29, 0.717) is 5.92 Å². The van der Waals surface area contributed by atoms with Crippen LogP contribution in [0.1, 0.15) is 44.3 Å². The van der Waals surface area contributed by atoms with Crippen molar-refractivity contribution in [2.45, 2.75) is 38.7 Å². The van der Waals surface area contributed by atoms with Gasteiger partial charge in [-0.2, -0.15) is 0 Å². The van der Waals surface area contributed by atoms with Gasteiger partial charge >= 0.3 is 0 Å². The minimum atomic E-state index is -0.314. The molecule has 0 spiro atoms. The Labute approximate surface area is 91.4 Å². The third kappa shape index (κ3) is 2.57. The Balaban J connectivity index is 1.99. The number of aliphatic hydroxyl groups excluding tert-OH is 1. The van der Waals surface area contributed by atoms with Crippen LogP contribution >= 0.6 is 0 Å². The van der Waals surface area contributed by atoms with Crippen molar-refractivity contribution in [1.82, 2.24) is 4.98 Å². The lowest BCUT2D eigenvalue weighted by molar-refractivity contribution is 0.0753. The summed E-state index contributed by atoms with van der Waals surface area (Å²) in [6.45, 7) is 2.30. The summed E-state index contributed by atoms with van der Waals surface area (Å²) < 4.78 is 0. The van der Waals surface area contributed by atoms with Crippen LogP contribution in [0.3, 0.4) is 0 Å². The Morgan fingerprint density at radius 1 is 1.33 bits per heavy atom. The van der Waals surface area contributed by atoms with Crippen LogP contribution in [0.15, 0.2) is 24.5 Å². The molecule has 1 fully saturated rings. The van der Waals surface area contributed by atoms with Crippen molar-refractivity contribution >= 4 is 0 Å². The first-order chi connectivity index (χ1) is 7.27. The van der Waals surface area contributed by atoms with Gasteiger partial charge in [0.1, 0.15) is 0 Å². The Kier molecular flexibility index (Phi) is 3.37. The molecule has 0 radical (unpaired) electrons. The van der Waals surface area contributed by atoms with Gasteiger partial charge in [-0.1, -0.05) is 25.8 Å². The van der Waals surface area contributed by atoms with Crippen LogP contribution in [0, 0.1) is 11.8 Å². The standard InChI is InChI=1S/C13H19NO/c1-10-4-6-11(7-5-10)13(15)12-3-2-8-14-9-12/h2-3,8-11,13,15H,4-7H2,1H3. The molecule has 1 aromatic heterocycles. The van der Waals surface area contributed by atoms with E-state index < -0.39 is 0 Å². The Hall–Kier alpha value is -0.890. The van der Waals surface area contributed by atoms with E-state index in [2.05, 4.69) is 11.9 Å². The largest absolute Gasteiger partial charge is 0.388 e. The van der Waals surface area contributed by atoms with Gasteiger partial charge in [0, 0.05) is 12.4 Å². The second-order valence-electron chi connectivity index (χ2n) is 4.75. The van der Waals surface area contributed by atoms with E-state index >= 15 is 0 Å². The van der Waals surface area contributed by atoms with E-state index in [4.69, 9.17) is 0 Å². The molecule has 82 valence electrons. The number of hydrogen-bond donors (Lipinski definition) is 1. The summed E-state index contributed by atoms with van der Waals surface area (Å²) in [5.74, 6) is 1.27. The summed E-state index contributed by atoms with van der Waals surface area (Å²) in [6, 6.07) is 3.86. The molecule has 2 rings (SSSR count). The number of nitrogens with zero attached hydrogens (tertiary/aromatic N) is 1. The fourth-order valence-electron chi connectivity index (χ4n) is 2.42. The van der Waals surface area contributed by atoms with Gasteiger partial charge in [-0.15, -0.1) is 0 Å². The van der Waals surface area contributed by atoms with Crippen LogP contribution in [0.5, 0.6) is 0 Å². The maximum atomic E-state index is 10.2. The highest BCUT2D eigenvalue weighted by molar-refractivity contribution is 5.12. The van der Waals surface area contributed by atoms with Crippen LogP contribution in [-0.4, -0.2) is 10.1 Å². The number of pyridine rings is 1. The average molecular weight is 205 g/mol. The van der Waals surface area contributed by atoms with Gasteiger partial charge in [0.15, 0.2) is 0 Å². The van der Waals surface area contributed by atoms with E-state index in [1.807, 2.05) is 12.1 Å². The molecule has 0 aromatic carbocycles. The first kappa shape index (κ1) is 10.6. The Morgan fingerprint density at radius 3 is 2.67 bits per heavy atom. The van der Waals surface area contributed by atoms with Crippen molar-refractivity contribution in [3.8, 4) is 0 Å². The topological polar surface area (TPSA) is 33.1 Å². The number of hydrogen-bond acceptors (Lipinski definition) is 2. The molecular formula is C13H19NO. The number of aromatic nitrogens is 1. The molecule has 2 heteroatoms. The van der Waals surface area contributed by atoms with Crippen LogP contribution in [0.25, 0.3) is 0 Å².